The van der Waals surface area contributed by atoms with Crippen LogP contribution in [0, 0.1) is 0 Å². The van der Waals surface area contributed by atoms with Gasteiger partial charge in [0.15, 0.2) is 12.4 Å². The second kappa shape index (κ2) is 21.0. The van der Waals surface area contributed by atoms with Crippen molar-refractivity contribution in [3.8, 4) is 5.75 Å². The van der Waals surface area contributed by atoms with Gasteiger partial charge in [-0.3, -0.25) is 0 Å². The number of hydrogen-bond donors (Lipinski definition) is 0. The first kappa shape index (κ1) is 31.7. The molecule has 0 radical (unpaired) electrons. The maximum absolute atomic E-state index is 5.89. The Kier molecular flexibility index (Phi) is 16.6. The lowest BCUT2D eigenvalue weighted by molar-refractivity contribution is -0.697. The molecule has 0 amide bonds. The second-order valence-electron chi connectivity index (χ2n) is 11.3. The first-order valence-electron chi connectivity index (χ1n) is 16.3. The van der Waals surface area contributed by atoms with Gasteiger partial charge in [0.2, 0.25) is 0 Å². The number of ether oxygens (including phenoxy) is 1. The molecule has 216 valence electrons. The van der Waals surface area contributed by atoms with Crippen LogP contribution in [0.5, 0.6) is 5.75 Å². The van der Waals surface area contributed by atoms with E-state index in [1.54, 1.807) is 0 Å². The van der Waals surface area contributed by atoms with Crippen molar-refractivity contribution in [1.29, 1.82) is 0 Å². The van der Waals surface area contributed by atoms with E-state index >= 15 is 0 Å². The standard InChI is InChI=1S/C38H54NO/c1-2-3-4-5-6-7-8-9-10-11-12-13-14-15-16-20-31-39-32-29-36(30-33-39)24-23-35-25-27-38(28-26-35)40-34-37-21-18-17-19-22-37/h17-19,21-30,32-33H,2-16,20,31,34H2,1H3/q+1. The zero-order valence-electron chi connectivity index (χ0n) is 25.2. The summed E-state index contributed by atoms with van der Waals surface area (Å²) in [5.41, 5.74) is 3.59. The lowest BCUT2D eigenvalue weighted by Crippen LogP contribution is -2.32. The van der Waals surface area contributed by atoms with E-state index < -0.39 is 0 Å². The van der Waals surface area contributed by atoms with Crippen LogP contribution in [0.25, 0.3) is 12.2 Å². The Morgan fingerprint density at radius 2 is 1.00 bits per heavy atom. The fourth-order valence-corrected chi connectivity index (χ4v) is 5.18. The van der Waals surface area contributed by atoms with Crippen LogP contribution in [0.4, 0.5) is 0 Å². The van der Waals surface area contributed by atoms with Gasteiger partial charge in [-0.2, -0.15) is 0 Å². The van der Waals surface area contributed by atoms with Crippen molar-refractivity contribution in [2.75, 3.05) is 0 Å². The highest BCUT2D eigenvalue weighted by atomic mass is 16.5. The van der Waals surface area contributed by atoms with Crippen molar-refractivity contribution in [2.24, 2.45) is 0 Å². The van der Waals surface area contributed by atoms with E-state index in [2.05, 4.69) is 72.4 Å². The summed E-state index contributed by atoms with van der Waals surface area (Å²) in [5, 5.41) is 0. The van der Waals surface area contributed by atoms with Crippen LogP contribution in [0.15, 0.2) is 79.1 Å². The summed E-state index contributed by atoms with van der Waals surface area (Å²) in [6.07, 6.45) is 31.5. The van der Waals surface area contributed by atoms with Crippen LogP contribution in [0.3, 0.4) is 0 Å². The fraction of sp³-hybridized carbons (Fsp3) is 0.500. The first-order chi connectivity index (χ1) is 19.8. The molecule has 0 unspecified atom stereocenters. The Balaban J connectivity index is 1.18. The summed E-state index contributed by atoms with van der Waals surface area (Å²) in [6, 6.07) is 23.0. The Labute approximate surface area is 245 Å². The normalized spacial score (nSPS) is 11.3. The van der Waals surface area contributed by atoms with Crippen molar-refractivity contribution in [2.45, 2.75) is 123 Å². The minimum Gasteiger partial charge on any atom is -0.489 e. The van der Waals surface area contributed by atoms with Gasteiger partial charge in [0, 0.05) is 18.6 Å². The third kappa shape index (κ3) is 14.5. The van der Waals surface area contributed by atoms with Crippen LogP contribution in [-0.2, 0) is 13.2 Å². The van der Waals surface area contributed by atoms with Crippen molar-refractivity contribution < 1.29 is 9.30 Å². The van der Waals surface area contributed by atoms with Crippen molar-refractivity contribution >= 4 is 12.2 Å². The Hall–Kier alpha value is -2.87. The number of benzene rings is 2. The van der Waals surface area contributed by atoms with Gasteiger partial charge < -0.3 is 4.74 Å². The predicted octanol–water partition coefficient (Wildman–Crippen LogP) is 11.0. The zero-order valence-corrected chi connectivity index (χ0v) is 25.2. The SMILES string of the molecule is CCCCCCCCCCCCCCCCCC[n+]1ccc(C=Cc2ccc(OCc3ccccc3)cc2)cc1. The van der Waals surface area contributed by atoms with Gasteiger partial charge in [-0.25, -0.2) is 4.57 Å². The summed E-state index contributed by atoms with van der Waals surface area (Å²) in [6.45, 7) is 4.01. The van der Waals surface area contributed by atoms with Gasteiger partial charge in [-0.05, 0) is 35.2 Å². The van der Waals surface area contributed by atoms with E-state index in [-0.39, 0.29) is 0 Å². The van der Waals surface area contributed by atoms with Gasteiger partial charge in [-0.1, -0.05) is 151 Å². The molecule has 0 atom stereocenters. The summed E-state index contributed by atoms with van der Waals surface area (Å²) in [7, 11) is 0. The van der Waals surface area contributed by atoms with Crippen LogP contribution in [0.1, 0.15) is 126 Å². The summed E-state index contributed by atoms with van der Waals surface area (Å²) >= 11 is 0. The quantitative estimate of drug-likeness (QED) is 0.0912. The third-order valence-electron chi connectivity index (χ3n) is 7.78. The minimum absolute atomic E-state index is 0.597. The van der Waals surface area contributed by atoms with Crippen molar-refractivity contribution in [3.05, 3.63) is 95.8 Å². The molecule has 40 heavy (non-hydrogen) atoms. The average molecular weight is 541 g/mol. The second-order valence-corrected chi connectivity index (χ2v) is 11.3. The number of unbranched alkanes of at least 4 members (excludes halogenated alkanes) is 15. The molecule has 2 aromatic carbocycles. The topological polar surface area (TPSA) is 13.1 Å². The average Bonchev–Trinajstić information content (AvgIpc) is 3.00. The molecule has 2 heteroatoms. The summed E-state index contributed by atoms with van der Waals surface area (Å²) < 4.78 is 8.21. The van der Waals surface area contributed by atoms with E-state index in [0.29, 0.717) is 6.61 Å². The molecule has 0 aliphatic heterocycles. The Bertz CT molecular complexity index is 1020. The highest BCUT2D eigenvalue weighted by Crippen LogP contribution is 2.17. The smallest absolute Gasteiger partial charge is 0.169 e. The van der Waals surface area contributed by atoms with E-state index in [1.807, 2.05) is 30.3 Å². The highest BCUT2D eigenvalue weighted by molar-refractivity contribution is 5.69. The maximum Gasteiger partial charge on any atom is 0.169 e. The van der Waals surface area contributed by atoms with Gasteiger partial charge in [0.25, 0.3) is 0 Å². The number of nitrogens with zero attached hydrogens (tertiary/aromatic N) is 1. The molecular formula is C38H54NO+. The van der Waals surface area contributed by atoms with Gasteiger partial charge in [0.1, 0.15) is 18.9 Å². The molecule has 0 N–H and O–H groups in total. The molecule has 0 bridgehead atoms. The van der Waals surface area contributed by atoms with E-state index in [4.69, 9.17) is 4.74 Å². The molecule has 0 fully saturated rings. The Morgan fingerprint density at radius 1 is 0.525 bits per heavy atom. The lowest BCUT2D eigenvalue weighted by atomic mass is 10.0. The van der Waals surface area contributed by atoms with Gasteiger partial charge in [-0.15, -0.1) is 0 Å². The Morgan fingerprint density at radius 3 is 1.52 bits per heavy atom. The molecule has 0 aliphatic carbocycles. The fourth-order valence-electron chi connectivity index (χ4n) is 5.18. The highest BCUT2D eigenvalue weighted by Gasteiger charge is 2.01. The molecule has 0 saturated heterocycles. The minimum atomic E-state index is 0.597. The van der Waals surface area contributed by atoms with Crippen molar-refractivity contribution in [3.63, 3.8) is 0 Å². The number of pyridine rings is 1. The maximum atomic E-state index is 5.89. The first-order valence-corrected chi connectivity index (χ1v) is 16.3. The van der Waals surface area contributed by atoms with Crippen LogP contribution in [-0.4, -0.2) is 0 Å². The van der Waals surface area contributed by atoms with E-state index in [9.17, 15) is 0 Å². The van der Waals surface area contributed by atoms with Crippen molar-refractivity contribution in [1.82, 2.24) is 0 Å². The molecule has 3 rings (SSSR count). The largest absolute Gasteiger partial charge is 0.489 e. The lowest BCUT2D eigenvalue weighted by Gasteiger charge is -2.06. The molecule has 0 aliphatic rings. The third-order valence-corrected chi connectivity index (χ3v) is 7.78. The van der Waals surface area contributed by atoms with Gasteiger partial charge >= 0.3 is 0 Å². The summed E-state index contributed by atoms with van der Waals surface area (Å²) in [5.74, 6) is 0.899. The van der Waals surface area contributed by atoms with Crippen LogP contribution in [0.2, 0.25) is 0 Å². The van der Waals surface area contributed by atoms with E-state index in [0.717, 1.165) is 12.3 Å². The number of hydrogen-bond acceptors (Lipinski definition) is 1. The molecule has 1 aromatic heterocycles. The predicted molar refractivity (Wildman–Crippen MR) is 172 cm³/mol. The van der Waals surface area contributed by atoms with Gasteiger partial charge in [0.05, 0.1) is 0 Å². The molecule has 0 saturated carbocycles. The van der Waals surface area contributed by atoms with E-state index in [1.165, 1.54) is 119 Å². The molecule has 3 aromatic rings. The number of aromatic nitrogens is 1. The monoisotopic (exact) mass is 540 g/mol. The van der Waals surface area contributed by atoms with Crippen LogP contribution >= 0.6 is 0 Å². The molecule has 2 nitrogen and oxygen atoms in total. The number of aryl methyl sites for hydroxylation is 1. The zero-order chi connectivity index (χ0) is 27.9. The molecular weight excluding hydrogens is 486 g/mol. The number of rotatable bonds is 22. The molecule has 0 spiro atoms. The van der Waals surface area contributed by atoms with Crippen LogP contribution < -0.4 is 9.30 Å². The summed E-state index contributed by atoms with van der Waals surface area (Å²) in [4.78, 5) is 0. The molecule has 1 heterocycles.